The van der Waals surface area contributed by atoms with Gasteiger partial charge in [-0.2, -0.15) is 0 Å². The van der Waals surface area contributed by atoms with Crippen LogP contribution in [-0.4, -0.2) is 12.9 Å². The normalized spacial score (nSPS) is 11.2. The Labute approximate surface area is 71.0 Å². The molecule has 0 spiro atoms. The van der Waals surface area contributed by atoms with Crippen molar-refractivity contribution >= 4 is 35.1 Å². The first-order valence-corrected chi connectivity index (χ1v) is 7.19. The van der Waals surface area contributed by atoms with Crippen LogP contribution < -0.4 is 0 Å². The Bertz CT molecular complexity index is 127. The van der Waals surface area contributed by atoms with E-state index in [1.54, 1.807) is 0 Å². The minimum absolute atomic E-state index is 0.398. The van der Waals surface area contributed by atoms with E-state index in [4.69, 9.17) is 26.6 Å². The van der Waals surface area contributed by atoms with Gasteiger partial charge in [-0.15, -0.1) is 0 Å². The van der Waals surface area contributed by atoms with Crippen LogP contribution in [0.5, 0.6) is 0 Å². The number of hydrogen-bond donors (Lipinski definition) is 0. The van der Waals surface area contributed by atoms with Gasteiger partial charge in [-0.25, -0.2) is 0 Å². The topological polar surface area (TPSA) is 26.3 Å². The molecular formula is C5H10Cl2O2Si. The summed E-state index contributed by atoms with van der Waals surface area (Å²) in [6, 6.07) is 0.593. The number of carbonyl (C=O) groups is 1. The van der Waals surface area contributed by atoms with E-state index in [1.165, 1.54) is 6.92 Å². The van der Waals surface area contributed by atoms with Crippen LogP contribution in [0.2, 0.25) is 6.04 Å². The smallest absolute Gasteiger partial charge is 0.451 e. The Kier molecular flexibility index (Phi) is 4.32. The van der Waals surface area contributed by atoms with Gasteiger partial charge in [0.1, 0.15) is 0 Å². The molecule has 10 heavy (non-hydrogen) atoms. The maximum atomic E-state index is 10.4. The molecular weight excluding hydrogens is 191 g/mol. The van der Waals surface area contributed by atoms with Crippen molar-refractivity contribution < 1.29 is 9.22 Å². The van der Waals surface area contributed by atoms with E-state index in [1.807, 2.05) is 6.92 Å². The highest BCUT2D eigenvalue weighted by Crippen LogP contribution is 2.23. The molecule has 0 amide bonds. The molecule has 0 aromatic rings. The van der Waals surface area contributed by atoms with Gasteiger partial charge in [0.25, 0.3) is 5.97 Å². The van der Waals surface area contributed by atoms with E-state index < -0.39 is 12.9 Å². The van der Waals surface area contributed by atoms with Crippen LogP contribution in [0.25, 0.3) is 0 Å². The summed E-state index contributed by atoms with van der Waals surface area (Å²) in [5.41, 5.74) is 0. The first kappa shape index (κ1) is 10.3. The van der Waals surface area contributed by atoms with Gasteiger partial charge in [0, 0.05) is 13.0 Å². The molecule has 0 heterocycles. The fraction of sp³-hybridized carbons (Fsp3) is 0.800. The second-order valence-electron chi connectivity index (χ2n) is 1.98. The highest BCUT2D eigenvalue weighted by atomic mass is 35.7. The highest BCUT2D eigenvalue weighted by Gasteiger charge is 2.32. The average Bonchev–Trinajstić information content (AvgIpc) is 1.59. The third-order valence-corrected chi connectivity index (χ3v) is 4.10. The lowest BCUT2D eigenvalue weighted by molar-refractivity contribution is -0.132. The number of hydrogen-bond acceptors (Lipinski definition) is 2. The van der Waals surface area contributed by atoms with Crippen molar-refractivity contribution in [2.45, 2.75) is 26.3 Å². The van der Waals surface area contributed by atoms with Gasteiger partial charge in [-0.1, -0.05) is 35.5 Å². The van der Waals surface area contributed by atoms with Gasteiger partial charge in [-0.05, 0) is 0 Å². The van der Waals surface area contributed by atoms with E-state index in [9.17, 15) is 4.79 Å². The molecule has 0 unspecified atom stereocenters. The van der Waals surface area contributed by atoms with Gasteiger partial charge in [0.15, 0.2) is 0 Å². The van der Waals surface area contributed by atoms with Crippen LogP contribution in [-0.2, 0) is 9.22 Å². The van der Waals surface area contributed by atoms with Crippen molar-refractivity contribution in [2.75, 3.05) is 0 Å². The van der Waals surface area contributed by atoms with E-state index in [0.717, 1.165) is 6.42 Å². The quantitative estimate of drug-likeness (QED) is 0.517. The first-order valence-electron chi connectivity index (χ1n) is 3.05. The minimum atomic E-state index is -2.67. The van der Waals surface area contributed by atoms with Crippen molar-refractivity contribution in [2.24, 2.45) is 0 Å². The second kappa shape index (κ2) is 4.21. The maximum absolute atomic E-state index is 10.4. The molecule has 0 bridgehead atoms. The SMILES string of the molecule is CCC[Si](Cl)(Cl)OC(C)=O. The number of carbonyl (C=O) groups excluding carboxylic acids is 1. The summed E-state index contributed by atoms with van der Waals surface area (Å²) in [5, 5.41) is 0. The molecule has 0 aromatic heterocycles. The van der Waals surface area contributed by atoms with E-state index in [0.29, 0.717) is 6.04 Å². The zero-order valence-electron chi connectivity index (χ0n) is 5.99. The van der Waals surface area contributed by atoms with Gasteiger partial charge in [0.05, 0.1) is 0 Å². The van der Waals surface area contributed by atoms with Gasteiger partial charge in [0.2, 0.25) is 0 Å². The third-order valence-electron chi connectivity index (χ3n) is 0.834. The lowest BCUT2D eigenvalue weighted by Crippen LogP contribution is -2.26. The molecule has 0 fully saturated rings. The lowest BCUT2D eigenvalue weighted by atomic mass is 10.6. The van der Waals surface area contributed by atoms with Gasteiger partial charge in [-0.3, -0.25) is 4.79 Å². The predicted molar refractivity (Wildman–Crippen MR) is 44.3 cm³/mol. The summed E-state index contributed by atoms with van der Waals surface area (Å²) in [6.45, 7) is 0.577. The van der Waals surface area contributed by atoms with E-state index in [2.05, 4.69) is 0 Å². The van der Waals surface area contributed by atoms with E-state index in [-0.39, 0.29) is 0 Å². The standard InChI is InChI=1S/C5H10Cl2O2Si/c1-3-4-10(6,7)9-5(2)8/h3-4H2,1-2H3. The van der Waals surface area contributed by atoms with Crippen LogP contribution in [0.1, 0.15) is 20.3 Å². The van der Waals surface area contributed by atoms with Crippen LogP contribution in [0.3, 0.4) is 0 Å². The van der Waals surface area contributed by atoms with Crippen molar-refractivity contribution in [3.63, 3.8) is 0 Å². The molecule has 0 aliphatic rings. The molecule has 0 atom stereocenters. The fourth-order valence-corrected chi connectivity index (χ4v) is 3.44. The Hall–Kier alpha value is 0.267. The molecule has 0 N–H and O–H groups in total. The minimum Gasteiger partial charge on any atom is -0.492 e. The molecule has 0 aliphatic heterocycles. The van der Waals surface area contributed by atoms with Crippen LogP contribution in [0, 0.1) is 0 Å². The summed E-state index contributed by atoms with van der Waals surface area (Å²) >= 11 is 11.4. The molecule has 0 aliphatic carbocycles. The largest absolute Gasteiger partial charge is 0.492 e. The van der Waals surface area contributed by atoms with Crippen molar-refractivity contribution in [1.82, 2.24) is 0 Å². The molecule has 0 radical (unpaired) electrons. The Morgan fingerprint density at radius 3 is 2.40 bits per heavy atom. The number of halogens is 2. The van der Waals surface area contributed by atoms with Crippen LogP contribution in [0.4, 0.5) is 0 Å². The third kappa shape index (κ3) is 5.08. The van der Waals surface area contributed by atoms with Crippen molar-refractivity contribution in [1.29, 1.82) is 0 Å². The molecule has 2 nitrogen and oxygen atoms in total. The Morgan fingerprint density at radius 2 is 2.10 bits per heavy atom. The summed E-state index contributed by atoms with van der Waals surface area (Å²) < 4.78 is 4.71. The number of rotatable bonds is 3. The molecule has 5 heteroatoms. The predicted octanol–water partition coefficient (Wildman–Crippen LogP) is 2.38. The molecule has 60 valence electrons. The van der Waals surface area contributed by atoms with Crippen molar-refractivity contribution in [3.8, 4) is 0 Å². The monoisotopic (exact) mass is 200 g/mol. The molecule has 0 aromatic carbocycles. The van der Waals surface area contributed by atoms with Gasteiger partial charge >= 0.3 is 6.94 Å². The molecule has 0 rings (SSSR count). The first-order chi connectivity index (χ1) is 4.48. The summed E-state index contributed by atoms with van der Waals surface area (Å²) in [7, 11) is 0. The summed E-state index contributed by atoms with van der Waals surface area (Å²) in [5.74, 6) is -0.398. The maximum Gasteiger partial charge on any atom is 0.451 e. The zero-order valence-corrected chi connectivity index (χ0v) is 8.50. The Morgan fingerprint density at radius 1 is 1.60 bits per heavy atom. The van der Waals surface area contributed by atoms with Crippen LogP contribution in [0.15, 0.2) is 0 Å². The molecule has 0 saturated heterocycles. The average molecular weight is 201 g/mol. The highest BCUT2D eigenvalue weighted by molar-refractivity contribution is 7.42. The Balaban J connectivity index is 3.74. The van der Waals surface area contributed by atoms with Gasteiger partial charge < -0.3 is 4.43 Å². The summed E-state index contributed by atoms with van der Waals surface area (Å²) in [4.78, 5) is 10.4. The summed E-state index contributed by atoms with van der Waals surface area (Å²) in [6.07, 6.45) is 0.840. The lowest BCUT2D eigenvalue weighted by Gasteiger charge is -2.13. The zero-order chi connectivity index (χ0) is 8.20. The second-order valence-corrected chi connectivity index (χ2v) is 8.20. The van der Waals surface area contributed by atoms with Crippen molar-refractivity contribution in [3.05, 3.63) is 0 Å². The fourth-order valence-electron chi connectivity index (χ4n) is 0.552. The van der Waals surface area contributed by atoms with E-state index >= 15 is 0 Å². The molecule has 0 saturated carbocycles. The van der Waals surface area contributed by atoms with Crippen LogP contribution >= 0.6 is 22.2 Å².